The van der Waals surface area contributed by atoms with Gasteiger partial charge in [0.2, 0.25) is 0 Å². The number of ether oxygens (including phenoxy) is 1. The van der Waals surface area contributed by atoms with Gasteiger partial charge in [-0.2, -0.15) is 0 Å². The smallest absolute Gasteiger partial charge is 0.169 e. The van der Waals surface area contributed by atoms with Crippen LogP contribution in [0.3, 0.4) is 0 Å². The summed E-state index contributed by atoms with van der Waals surface area (Å²) in [6.45, 7) is 1.95. The lowest BCUT2D eigenvalue weighted by Crippen LogP contribution is -1.89. The van der Waals surface area contributed by atoms with Crippen LogP contribution >= 0.6 is 0 Å². The van der Waals surface area contributed by atoms with Crippen LogP contribution in [0.5, 0.6) is 23.0 Å². The topological polar surface area (TPSA) is 98.9 Å². The second-order valence-electron chi connectivity index (χ2n) is 6.03. The largest absolute Gasteiger partial charge is 0.508 e. The van der Waals surface area contributed by atoms with Crippen LogP contribution in [0.4, 0.5) is 0 Å². The highest BCUT2D eigenvalue weighted by Gasteiger charge is 2.20. The molecule has 6 heteroatoms. The van der Waals surface area contributed by atoms with E-state index in [0.29, 0.717) is 12.2 Å². The number of methoxy groups -OCH3 is 1. The molecule has 2 heterocycles. The number of aromatic hydroxyl groups is 3. The summed E-state index contributed by atoms with van der Waals surface area (Å²) in [5, 5.41) is 31.2. The highest BCUT2D eigenvalue weighted by atomic mass is 16.5. The van der Waals surface area contributed by atoms with E-state index < -0.39 is 0 Å². The van der Waals surface area contributed by atoms with E-state index in [1.807, 2.05) is 25.1 Å². The van der Waals surface area contributed by atoms with Crippen molar-refractivity contribution in [1.82, 2.24) is 4.98 Å². The summed E-state index contributed by atoms with van der Waals surface area (Å²) in [6.07, 6.45) is 0.333. The first-order valence-electron chi connectivity index (χ1n) is 7.79. The molecular weight excluding hydrogens is 322 g/mol. The number of furan rings is 1. The van der Waals surface area contributed by atoms with Crippen LogP contribution in [0.15, 0.2) is 34.7 Å². The van der Waals surface area contributed by atoms with E-state index in [4.69, 9.17) is 9.15 Å². The van der Waals surface area contributed by atoms with Crippen LogP contribution in [0, 0.1) is 6.92 Å². The zero-order valence-electron chi connectivity index (χ0n) is 13.8. The van der Waals surface area contributed by atoms with Gasteiger partial charge >= 0.3 is 0 Å². The lowest BCUT2D eigenvalue weighted by atomic mass is 10.1. The normalized spacial score (nSPS) is 11.4. The number of phenolic OH excluding ortho intramolecular Hbond substituents is 2. The fraction of sp³-hybridized carbons (Fsp3) is 0.158. The van der Waals surface area contributed by atoms with Gasteiger partial charge in [-0.1, -0.05) is 0 Å². The molecule has 4 rings (SSSR count). The number of rotatable bonds is 3. The van der Waals surface area contributed by atoms with E-state index in [9.17, 15) is 15.3 Å². The molecule has 0 amide bonds. The van der Waals surface area contributed by atoms with Gasteiger partial charge in [-0.05, 0) is 30.7 Å². The molecule has 0 aliphatic heterocycles. The predicted molar refractivity (Wildman–Crippen MR) is 93.6 cm³/mol. The maximum atomic E-state index is 10.5. The quantitative estimate of drug-likeness (QED) is 0.453. The SMILES string of the molecule is COc1ccc2[nH]c(C)c(Cc3oc4cc(O)cc(O)c4c3O)c2c1. The molecule has 0 spiro atoms. The molecule has 4 N–H and O–H groups in total. The molecule has 0 aliphatic carbocycles. The van der Waals surface area contributed by atoms with Gasteiger partial charge in [0.25, 0.3) is 0 Å². The molecule has 2 aromatic carbocycles. The molecule has 0 saturated carbocycles. The average molecular weight is 339 g/mol. The Labute approximate surface area is 142 Å². The Kier molecular flexibility index (Phi) is 3.28. The van der Waals surface area contributed by atoms with E-state index in [1.54, 1.807) is 7.11 Å². The van der Waals surface area contributed by atoms with Gasteiger partial charge in [-0.3, -0.25) is 0 Å². The van der Waals surface area contributed by atoms with Gasteiger partial charge in [0, 0.05) is 35.2 Å². The Hall–Kier alpha value is -3.28. The number of aromatic amines is 1. The minimum atomic E-state index is -0.222. The van der Waals surface area contributed by atoms with Gasteiger partial charge in [-0.25, -0.2) is 0 Å². The molecule has 0 saturated heterocycles. The van der Waals surface area contributed by atoms with Crippen molar-refractivity contribution >= 4 is 21.9 Å². The van der Waals surface area contributed by atoms with Gasteiger partial charge in [0.05, 0.1) is 7.11 Å². The number of benzene rings is 2. The average Bonchev–Trinajstić information content (AvgIpc) is 3.04. The summed E-state index contributed by atoms with van der Waals surface area (Å²) in [5.74, 6) is 0.592. The van der Waals surface area contributed by atoms with Crippen molar-refractivity contribution in [2.45, 2.75) is 13.3 Å². The molecule has 0 unspecified atom stereocenters. The van der Waals surface area contributed by atoms with Crippen molar-refractivity contribution in [3.8, 4) is 23.0 Å². The zero-order chi connectivity index (χ0) is 17.7. The number of H-pyrrole nitrogens is 1. The molecule has 0 atom stereocenters. The summed E-state index contributed by atoms with van der Waals surface area (Å²) < 4.78 is 11.0. The Balaban J connectivity index is 1.87. The number of hydrogen-bond acceptors (Lipinski definition) is 5. The summed E-state index contributed by atoms with van der Waals surface area (Å²) in [4.78, 5) is 3.30. The molecule has 0 radical (unpaired) electrons. The molecule has 2 aromatic heterocycles. The highest BCUT2D eigenvalue weighted by molar-refractivity contribution is 5.92. The fourth-order valence-corrected chi connectivity index (χ4v) is 3.22. The minimum absolute atomic E-state index is 0.121. The molecule has 0 aliphatic rings. The maximum absolute atomic E-state index is 10.5. The first kappa shape index (κ1) is 15.3. The lowest BCUT2D eigenvalue weighted by Gasteiger charge is -2.02. The van der Waals surface area contributed by atoms with Crippen molar-refractivity contribution in [2.24, 2.45) is 0 Å². The molecule has 0 fully saturated rings. The van der Waals surface area contributed by atoms with E-state index in [0.717, 1.165) is 27.9 Å². The fourth-order valence-electron chi connectivity index (χ4n) is 3.22. The Morgan fingerprint density at radius 2 is 1.92 bits per heavy atom. The lowest BCUT2D eigenvalue weighted by molar-refractivity contribution is 0.415. The van der Waals surface area contributed by atoms with Crippen molar-refractivity contribution < 1.29 is 24.5 Å². The van der Waals surface area contributed by atoms with E-state index >= 15 is 0 Å². The third-order valence-electron chi connectivity index (χ3n) is 4.46. The van der Waals surface area contributed by atoms with Crippen molar-refractivity contribution in [1.29, 1.82) is 0 Å². The molecule has 0 bridgehead atoms. The summed E-state index contributed by atoms with van der Waals surface area (Å²) >= 11 is 0. The predicted octanol–water partition coefficient (Wildman–Crippen LogP) is 3.94. The number of nitrogens with one attached hydrogen (secondary N) is 1. The second kappa shape index (κ2) is 5.37. The monoisotopic (exact) mass is 339 g/mol. The van der Waals surface area contributed by atoms with Crippen LogP contribution in [0.2, 0.25) is 0 Å². The Morgan fingerprint density at radius 3 is 2.68 bits per heavy atom. The van der Waals surface area contributed by atoms with Gasteiger partial charge in [0.1, 0.15) is 28.2 Å². The first-order valence-corrected chi connectivity index (χ1v) is 7.79. The molecule has 25 heavy (non-hydrogen) atoms. The van der Waals surface area contributed by atoms with Crippen molar-refractivity contribution in [2.75, 3.05) is 7.11 Å². The number of aromatic nitrogens is 1. The first-order chi connectivity index (χ1) is 12.0. The van der Waals surface area contributed by atoms with Crippen LogP contribution in [0.25, 0.3) is 21.9 Å². The van der Waals surface area contributed by atoms with Gasteiger partial charge in [0.15, 0.2) is 11.5 Å². The number of hydrogen-bond donors (Lipinski definition) is 4. The maximum Gasteiger partial charge on any atom is 0.169 e. The summed E-state index contributed by atoms with van der Waals surface area (Å²) in [6, 6.07) is 8.28. The molecular formula is C19H17NO5. The van der Waals surface area contributed by atoms with Gasteiger partial charge < -0.3 is 29.5 Å². The highest BCUT2D eigenvalue weighted by Crippen LogP contribution is 2.42. The van der Waals surface area contributed by atoms with E-state index in [1.165, 1.54) is 12.1 Å². The number of phenols is 2. The van der Waals surface area contributed by atoms with Crippen molar-refractivity contribution in [3.63, 3.8) is 0 Å². The van der Waals surface area contributed by atoms with E-state index in [2.05, 4.69) is 4.98 Å². The summed E-state index contributed by atoms with van der Waals surface area (Å²) in [5.41, 5.74) is 3.12. The zero-order valence-corrected chi connectivity index (χ0v) is 13.8. The summed E-state index contributed by atoms with van der Waals surface area (Å²) in [7, 11) is 1.61. The van der Waals surface area contributed by atoms with Crippen LogP contribution in [-0.4, -0.2) is 27.4 Å². The number of fused-ring (bicyclic) bond motifs is 2. The Morgan fingerprint density at radius 1 is 1.12 bits per heavy atom. The standard InChI is InChI=1S/C19H17NO5/c1-9-12(13-7-11(24-2)3-4-14(13)20-9)8-17-19(23)18-15(22)5-10(21)6-16(18)25-17/h3-7,20-23H,8H2,1-2H3. The van der Waals surface area contributed by atoms with Crippen LogP contribution in [0.1, 0.15) is 17.0 Å². The third kappa shape index (κ3) is 2.34. The number of aryl methyl sites for hydroxylation is 1. The molecule has 6 nitrogen and oxygen atoms in total. The Bertz CT molecular complexity index is 1110. The third-order valence-corrected chi connectivity index (χ3v) is 4.46. The van der Waals surface area contributed by atoms with Crippen molar-refractivity contribution in [3.05, 3.63) is 47.3 Å². The van der Waals surface area contributed by atoms with Crippen LogP contribution < -0.4 is 4.74 Å². The molecule has 4 aromatic rings. The molecule has 128 valence electrons. The van der Waals surface area contributed by atoms with Crippen LogP contribution in [-0.2, 0) is 6.42 Å². The minimum Gasteiger partial charge on any atom is -0.508 e. The second-order valence-corrected chi connectivity index (χ2v) is 6.03. The van der Waals surface area contributed by atoms with E-state index in [-0.39, 0.29) is 28.2 Å². The van der Waals surface area contributed by atoms with Gasteiger partial charge in [-0.15, -0.1) is 0 Å².